The van der Waals surface area contributed by atoms with Gasteiger partial charge in [-0.25, -0.2) is 23.1 Å². The molecule has 148 valence electrons. The second-order valence-corrected chi connectivity index (χ2v) is 6.95. The van der Waals surface area contributed by atoms with Gasteiger partial charge in [-0.05, 0) is 60.9 Å². The van der Waals surface area contributed by atoms with Crippen LogP contribution in [0.2, 0.25) is 0 Å². The van der Waals surface area contributed by atoms with Gasteiger partial charge in [-0.3, -0.25) is 0 Å². The fourth-order valence-electron chi connectivity index (χ4n) is 2.82. The summed E-state index contributed by atoms with van der Waals surface area (Å²) < 4.78 is 39.9. The first-order valence-electron chi connectivity index (χ1n) is 8.10. The van der Waals surface area contributed by atoms with Gasteiger partial charge in [0, 0.05) is 11.6 Å². The number of hydrogen-bond acceptors (Lipinski definition) is 6. The lowest BCUT2D eigenvalue weighted by molar-refractivity contribution is -2.00. The summed E-state index contributed by atoms with van der Waals surface area (Å²) in [4.78, 5) is 0. The Morgan fingerprint density at radius 1 is 0.714 bits per heavy atom. The van der Waals surface area contributed by atoms with Crippen LogP contribution in [0.5, 0.6) is 11.5 Å². The maximum Gasteiger partial charge on any atom is 0.361 e. The zero-order chi connectivity index (χ0) is 21.1. The van der Waals surface area contributed by atoms with E-state index in [1.54, 1.807) is 24.3 Å². The van der Waals surface area contributed by atoms with Gasteiger partial charge in [0.15, 0.2) is 0 Å². The number of phenols is 2. The van der Waals surface area contributed by atoms with E-state index in [-0.39, 0.29) is 11.5 Å². The summed E-state index contributed by atoms with van der Waals surface area (Å²) in [6.45, 7) is 5.83. The fraction of sp³-hybridized carbons (Fsp3) is 0.150. The Hall–Kier alpha value is -2.68. The first-order valence-corrected chi connectivity index (χ1v) is 9.34. The van der Waals surface area contributed by atoms with Crippen molar-refractivity contribution in [3.8, 4) is 33.9 Å². The summed E-state index contributed by atoms with van der Waals surface area (Å²) >= 11 is 0. The maximum atomic E-state index is 9.59. The van der Waals surface area contributed by atoms with Gasteiger partial charge in [0.1, 0.15) is 11.5 Å². The van der Waals surface area contributed by atoms with Crippen LogP contribution in [0.3, 0.4) is 0 Å². The van der Waals surface area contributed by atoms with Gasteiger partial charge in [0.2, 0.25) is 0 Å². The van der Waals surface area contributed by atoms with E-state index in [0.29, 0.717) is 0 Å². The molecule has 0 spiro atoms. The highest BCUT2D eigenvalue weighted by Gasteiger charge is 2.19. The molecule has 0 saturated heterocycles. The lowest BCUT2D eigenvalue weighted by Gasteiger charge is -2.17. The summed E-state index contributed by atoms with van der Waals surface area (Å²) in [5.41, 5.74) is 4.99. The minimum atomic E-state index is -4.94. The molecule has 7 nitrogen and oxygen atoms in total. The lowest BCUT2D eigenvalue weighted by atomic mass is 9.98. The summed E-state index contributed by atoms with van der Waals surface area (Å²) in [5.74, 6) is 2.06. The van der Waals surface area contributed by atoms with Gasteiger partial charge in [-0.15, -0.1) is 10.2 Å². The van der Waals surface area contributed by atoms with Crippen LogP contribution in [0.1, 0.15) is 16.9 Å². The number of aryl methyl sites for hydroxylation is 3. The van der Waals surface area contributed by atoms with E-state index >= 15 is 0 Å². The molecule has 2 N–H and O–H groups in total. The van der Waals surface area contributed by atoms with Crippen LogP contribution >= 0.6 is 0 Å². The molecule has 0 amide bonds. The van der Waals surface area contributed by atoms with Crippen LogP contribution in [0.15, 0.2) is 52.9 Å². The Morgan fingerprint density at radius 3 is 1.64 bits per heavy atom. The number of phenolic OH excluding ortho intramolecular Hbond substituents is 2. The second-order valence-electron chi connectivity index (χ2n) is 6.20. The number of benzene rings is 2. The Bertz CT molecular complexity index is 905. The van der Waals surface area contributed by atoms with Crippen molar-refractivity contribution in [3.63, 3.8) is 0 Å². The Morgan fingerprint density at radius 2 is 1.18 bits per heavy atom. The Balaban J connectivity index is 0.000000500. The van der Waals surface area contributed by atoms with Gasteiger partial charge < -0.3 is 10.2 Å². The highest BCUT2D eigenvalue weighted by atomic mass is 35.7. The van der Waals surface area contributed by atoms with Gasteiger partial charge in [-0.1, -0.05) is 6.07 Å². The molecule has 0 bridgehead atoms. The van der Waals surface area contributed by atoms with Crippen molar-refractivity contribution in [3.05, 3.63) is 65.4 Å². The Kier molecular flexibility index (Phi) is 6.60. The highest BCUT2D eigenvalue weighted by molar-refractivity contribution is 5.73. The summed E-state index contributed by atoms with van der Waals surface area (Å²) in [7, 11) is -4.94. The fourth-order valence-corrected chi connectivity index (χ4v) is 2.82. The Labute approximate surface area is 164 Å². The molecule has 2 aromatic carbocycles. The molecule has 0 unspecified atom stereocenters. The van der Waals surface area contributed by atoms with Crippen LogP contribution in [-0.2, 0) is 0 Å². The van der Waals surface area contributed by atoms with Crippen LogP contribution in [-0.4, -0.2) is 10.2 Å². The molecule has 0 saturated carbocycles. The average molecular weight is 407 g/mol. The molecule has 0 aliphatic carbocycles. The van der Waals surface area contributed by atoms with Crippen molar-refractivity contribution in [2.45, 2.75) is 20.8 Å². The molecule has 0 aliphatic heterocycles. The number of hydrogen-bond donors (Lipinski definition) is 2. The summed E-state index contributed by atoms with van der Waals surface area (Å²) in [6, 6.07) is 14.6. The quantitative estimate of drug-likeness (QED) is 0.588. The smallest absolute Gasteiger partial charge is 0.361 e. The zero-order valence-corrected chi connectivity index (χ0v) is 16.2. The van der Waals surface area contributed by atoms with Gasteiger partial charge in [0.05, 0.1) is 18.6 Å². The van der Waals surface area contributed by atoms with Crippen molar-refractivity contribution in [1.29, 1.82) is 0 Å². The lowest BCUT2D eigenvalue weighted by Crippen LogP contribution is -2.68. The third-order valence-electron chi connectivity index (χ3n) is 3.91. The largest absolute Gasteiger partial charge is 0.508 e. The monoisotopic (exact) mass is 406 g/mol. The van der Waals surface area contributed by atoms with E-state index in [1.165, 1.54) is 0 Å². The van der Waals surface area contributed by atoms with E-state index in [1.807, 2.05) is 45.0 Å². The molecule has 1 heterocycles. The predicted octanol–water partition coefficient (Wildman–Crippen LogP) is 0.475. The van der Waals surface area contributed by atoms with E-state index in [0.717, 1.165) is 39.3 Å². The van der Waals surface area contributed by atoms with Gasteiger partial charge >= 0.3 is 11.5 Å². The molecule has 0 radical (unpaired) electrons. The topological polar surface area (TPSA) is 144 Å². The molecule has 3 rings (SSSR count). The average Bonchev–Trinajstić information content (AvgIpc) is 2.52. The van der Waals surface area contributed by atoms with E-state index in [2.05, 4.69) is 0 Å². The van der Waals surface area contributed by atoms with Crippen LogP contribution in [0.25, 0.3) is 22.5 Å². The van der Waals surface area contributed by atoms with Crippen molar-refractivity contribution in [2.24, 2.45) is 0 Å². The summed E-state index contributed by atoms with van der Waals surface area (Å²) in [5, 5.41) is 19.2. The minimum absolute atomic E-state index is 0.244. The molecule has 0 fully saturated rings. The van der Waals surface area contributed by atoms with Crippen LogP contribution < -0.4 is 18.6 Å². The molecule has 3 aromatic rings. The van der Waals surface area contributed by atoms with E-state index in [9.17, 15) is 10.2 Å². The van der Waals surface area contributed by atoms with Crippen molar-refractivity contribution >= 4 is 0 Å². The van der Waals surface area contributed by atoms with Gasteiger partial charge in [0.25, 0.3) is 0 Å². The number of halogens is 1. The third kappa shape index (κ3) is 6.19. The first-order chi connectivity index (χ1) is 12.9. The maximum absolute atomic E-state index is 9.59. The zero-order valence-electron chi connectivity index (χ0n) is 15.4. The number of aromatic hydroxyl groups is 2. The minimum Gasteiger partial charge on any atom is -0.508 e. The third-order valence-corrected chi connectivity index (χ3v) is 3.91. The number of rotatable bonds is 2. The van der Waals surface area contributed by atoms with Crippen molar-refractivity contribution in [1.82, 2.24) is 0 Å². The molecular weight excluding hydrogens is 388 g/mol. The highest BCUT2D eigenvalue weighted by Crippen LogP contribution is 2.33. The van der Waals surface area contributed by atoms with E-state index < -0.39 is 10.2 Å². The van der Waals surface area contributed by atoms with Crippen molar-refractivity contribution in [2.75, 3.05) is 0 Å². The van der Waals surface area contributed by atoms with E-state index in [4.69, 9.17) is 23.1 Å². The standard InChI is InChI=1S/C20H18O3.ClHO4/c1-12-8-16(21)4-6-18(12)15-10-14(3)23-20(11-15)19-7-5-17(22)9-13(19)2;2-1(3,4)5/h4-11H,1-3H3,(H-,21,22);(H,2,3,4,5). The first kappa shape index (κ1) is 21.6. The molecule has 0 aliphatic rings. The van der Waals surface area contributed by atoms with Crippen LogP contribution in [0, 0.1) is 31.0 Å². The SMILES string of the molecule is Cc1cc(-c2ccc(O)cc2C)cc(-c2ccc(O)cc2C)[o+]1.[O-][Cl+3]([O-])([O-])[O-]. The normalized spacial score (nSPS) is 11.0. The molecule has 1 aromatic heterocycles. The van der Waals surface area contributed by atoms with Crippen LogP contribution in [0.4, 0.5) is 0 Å². The predicted molar refractivity (Wildman–Crippen MR) is 91.5 cm³/mol. The molecular formula is C20H19ClO7. The van der Waals surface area contributed by atoms with Crippen molar-refractivity contribution < 1.29 is 43.5 Å². The summed E-state index contributed by atoms with van der Waals surface area (Å²) in [6.07, 6.45) is 0. The molecule has 28 heavy (non-hydrogen) atoms. The van der Waals surface area contributed by atoms with Gasteiger partial charge in [-0.2, -0.15) is 0 Å². The second kappa shape index (κ2) is 8.55. The molecule has 8 heteroatoms. The molecule has 0 atom stereocenters.